The van der Waals surface area contributed by atoms with E-state index in [2.05, 4.69) is 15.3 Å². The zero-order valence-electron chi connectivity index (χ0n) is 16.2. The normalized spacial score (nSPS) is 18.8. The van der Waals surface area contributed by atoms with Gasteiger partial charge in [0.15, 0.2) is 5.69 Å². The van der Waals surface area contributed by atoms with E-state index in [0.717, 1.165) is 23.5 Å². The SMILES string of the molecule is Nc1sc(-c2c(F)cccc2F)nc1C(=O)Nc1cnccc1N1CC(N)CC(F)C1. The number of benzene rings is 1. The second-order valence-electron chi connectivity index (χ2n) is 7.17. The maximum atomic E-state index is 14.1. The molecule has 7 nitrogen and oxygen atoms in total. The summed E-state index contributed by atoms with van der Waals surface area (Å²) in [5, 5.41) is 2.61. The van der Waals surface area contributed by atoms with Crippen LogP contribution in [0.1, 0.15) is 16.9 Å². The van der Waals surface area contributed by atoms with Gasteiger partial charge in [0.25, 0.3) is 5.91 Å². The highest BCUT2D eigenvalue weighted by Crippen LogP contribution is 2.34. The molecule has 31 heavy (non-hydrogen) atoms. The molecule has 2 atom stereocenters. The summed E-state index contributed by atoms with van der Waals surface area (Å²) in [5.74, 6) is -2.29. The highest BCUT2D eigenvalue weighted by molar-refractivity contribution is 7.19. The van der Waals surface area contributed by atoms with Crippen LogP contribution in [-0.4, -0.2) is 41.2 Å². The van der Waals surface area contributed by atoms with Gasteiger partial charge in [-0.1, -0.05) is 17.4 Å². The number of carbonyl (C=O) groups excluding carboxylic acids is 1. The molecule has 0 spiro atoms. The van der Waals surface area contributed by atoms with Gasteiger partial charge in [-0.3, -0.25) is 9.78 Å². The maximum Gasteiger partial charge on any atom is 0.277 e. The van der Waals surface area contributed by atoms with Gasteiger partial charge in [-0.25, -0.2) is 18.2 Å². The topological polar surface area (TPSA) is 110 Å². The molecular formula is C20H19F3N6OS. The number of alkyl halides is 1. The zero-order chi connectivity index (χ0) is 22.1. The molecule has 1 saturated heterocycles. The van der Waals surface area contributed by atoms with Crippen molar-refractivity contribution in [1.82, 2.24) is 9.97 Å². The minimum Gasteiger partial charge on any atom is -0.389 e. The molecule has 1 fully saturated rings. The Morgan fingerprint density at radius 3 is 2.68 bits per heavy atom. The van der Waals surface area contributed by atoms with Gasteiger partial charge in [-0.2, -0.15) is 0 Å². The predicted octanol–water partition coefficient (Wildman–Crippen LogP) is 3.19. The quantitative estimate of drug-likeness (QED) is 0.566. The van der Waals surface area contributed by atoms with E-state index in [9.17, 15) is 18.0 Å². The summed E-state index contributed by atoms with van der Waals surface area (Å²) in [6.45, 7) is 0.555. The minimum absolute atomic E-state index is 0.00408. The summed E-state index contributed by atoms with van der Waals surface area (Å²) in [6.07, 6.45) is 2.12. The number of hydrogen-bond acceptors (Lipinski definition) is 7. The molecule has 2 aromatic heterocycles. The number of aromatic nitrogens is 2. The molecule has 162 valence electrons. The smallest absolute Gasteiger partial charge is 0.277 e. The van der Waals surface area contributed by atoms with Gasteiger partial charge >= 0.3 is 0 Å². The maximum absolute atomic E-state index is 14.1. The number of piperidine rings is 1. The molecule has 0 aliphatic carbocycles. The second kappa shape index (κ2) is 8.52. The average molecular weight is 448 g/mol. The van der Waals surface area contributed by atoms with Crippen molar-refractivity contribution in [3.63, 3.8) is 0 Å². The first-order valence-electron chi connectivity index (χ1n) is 9.44. The highest BCUT2D eigenvalue weighted by atomic mass is 32.1. The number of nitrogen functional groups attached to an aromatic ring is 1. The fourth-order valence-electron chi connectivity index (χ4n) is 3.52. The van der Waals surface area contributed by atoms with Crippen LogP contribution in [-0.2, 0) is 0 Å². The van der Waals surface area contributed by atoms with Gasteiger partial charge in [0.05, 0.1) is 23.1 Å². The lowest BCUT2D eigenvalue weighted by Crippen LogP contribution is -2.48. The molecule has 1 aliphatic heterocycles. The van der Waals surface area contributed by atoms with Crippen molar-refractivity contribution < 1.29 is 18.0 Å². The van der Waals surface area contributed by atoms with Crippen LogP contribution in [0, 0.1) is 11.6 Å². The lowest BCUT2D eigenvalue weighted by molar-refractivity contribution is 0.102. The van der Waals surface area contributed by atoms with Gasteiger partial charge in [0.1, 0.15) is 27.8 Å². The highest BCUT2D eigenvalue weighted by Gasteiger charge is 2.27. The summed E-state index contributed by atoms with van der Waals surface area (Å²) < 4.78 is 42.2. The number of halogens is 3. The van der Waals surface area contributed by atoms with Crippen molar-refractivity contribution in [2.45, 2.75) is 18.6 Å². The van der Waals surface area contributed by atoms with Gasteiger partial charge in [-0.05, 0) is 24.6 Å². The van der Waals surface area contributed by atoms with E-state index in [1.165, 1.54) is 18.5 Å². The Labute approximate surface area is 179 Å². The number of hydrogen-bond donors (Lipinski definition) is 3. The molecule has 0 radical (unpaired) electrons. The molecule has 1 amide bonds. The third-order valence-electron chi connectivity index (χ3n) is 4.86. The third-order valence-corrected chi connectivity index (χ3v) is 5.77. The van der Waals surface area contributed by atoms with Crippen LogP contribution in [0.15, 0.2) is 36.7 Å². The van der Waals surface area contributed by atoms with Crippen LogP contribution in [0.5, 0.6) is 0 Å². The first-order chi connectivity index (χ1) is 14.8. The third kappa shape index (κ3) is 4.32. The van der Waals surface area contributed by atoms with Crippen LogP contribution >= 0.6 is 11.3 Å². The Balaban J connectivity index is 1.61. The molecule has 5 N–H and O–H groups in total. The van der Waals surface area contributed by atoms with Crippen LogP contribution in [0.3, 0.4) is 0 Å². The molecule has 2 unspecified atom stereocenters. The summed E-state index contributed by atoms with van der Waals surface area (Å²) >= 11 is 0.801. The molecule has 3 heterocycles. The van der Waals surface area contributed by atoms with Gasteiger partial charge in [-0.15, -0.1) is 0 Å². The molecule has 4 rings (SSSR count). The number of rotatable bonds is 4. The Bertz CT molecular complexity index is 1090. The van der Waals surface area contributed by atoms with Crippen molar-refractivity contribution in [3.05, 3.63) is 54.0 Å². The van der Waals surface area contributed by atoms with E-state index in [0.29, 0.717) is 17.9 Å². The molecule has 1 aromatic carbocycles. The summed E-state index contributed by atoms with van der Waals surface area (Å²) in [4.78, 5) is 22.6. The number of nitrogens with zero attached hydrogens (tertiary/aromatic N) is 3. The number of nitrogens with two attached hydrogens (primary N) is 2. The van der Waals surface area contributed by atoms with Crippen molar-refractivity contribution in [1.29, 1.82) is 0 Å². The number of thiazole rings is 1. The first-order valence-corrected chi connectivity index (χ1v) is 10.3. The van der Waals surface area contributed by atoms with Crippen molar-refractivity contribution in [2.24, 2.45) is 5.73 Å². The standard InChI is InChI=1S/C20H19F3N6OS/c21-10-6-11(24)9-29(8-10)15-4-5-26-7-14(15)27-19(30)17-18(25)31-20(28-17)16-12(22)2-1-3-13(16)23/h1-5,7,10-11H,6,8-9,24-25H2,(H,27,30). The van der Waals surface area contributed by atoms with Crippen molar-refractivity contribution >= 4 is 33.6 Å². The zero-order valence-corrected chi connectivity index (χ0v) is 17.0. The number of nitrogens with one attached hydrogen (secondary N) is 1. The van der Waals surface area contributed by atoms with E-state index < -0.39 is 23.7 Å². The number of pyridine rings is 1. The lowest BCUT2D eigenvalue weighted by atomic mass is 10.0. The monoisotopic (exact) mass is 448 g/mol. The van der Waals surface area contributed by atoms with Gasteiger partial charge in [0, 0.05) is 25.3 Å². The molecular weight excluding hydrogens is 429 g/mol. The largest absolute Gasteiger partial charge is 0.389 e. The molecule has 3 aromatic rings. The van der Waals surface area contributed by atoms with Crippen LogP contribution in [0.25, 0.3) is 10.6 Å². The van der Waals surface area contributed by atoms with Gasteiger partial charge < -0.3 is 21.7 Å². The number of amides is 1. The molecule has 0 bridgehead atoms. The average Bonchev–Trinajstić information content (AvgIpc) is 3.09. The number of carbonyl (C=O) groups is 1. The Morgan fingerprint density at radius 1 is 1.23 bits per heavy atom. The Morgan fingerprint density at radius 2 is 1.97 bits per heavy atom. The summed E-state index contributed by atoms with van der Waals surface area (Å²) in [5.41, 5.74) is 12.2. The fourth-order valence-corrected chi connectivity index (χ4v) is 4.39. The van der Waals surface area contributed by atoms with Crippen LogP contribution < -0.4 is 21.7 Å². The van der Waals surface area contributed by atoms with E-state index in [1.807, 2.05) is 0 Å². The molecule has 0 saturated carbocycles. The van der Waals surface area contributed by atoms with Crippen molar-refractivity contribution in [3.8, 4) is 10.6 Å². The van der Waals surface area contributed by atoms with Gasteiger partial charge in [0.2, 0.25) is 0 Å². The molecule has 1 aliphatic rings. The fraction of sp³-hybridized carbons (Fsp3) is 0.250. The summed E-state index contributed by atoms with van der Waals surface area (Å²) in [7, 11) is 0. The summed E-state index contributed by atoms with van der Waals surface area (Å²) in [6, 6.07) is 4.73. The predicted molar refractivity (Wildman–Crippen MR) is 114 cm³/mol. The number of anilines is 3. The second-order valence-corrected chi connectivity index (χ2v) is 8.20. The molecule has 11 heteroatoms. The van der Waals surface area contributed by atoms with Crippen LogP contribution in [0.4, 0.5) is 29.5 Å². The minimum atomic E-state index is -1.09. The lowest BCUT2D eigenvalue weighted by Gasteiger charge is -2.35. The first kappa shape index (κ1) is 21.1. The van der Waals surface area contributed by atoms with E-state index >= 15 is 0 Å². The van der Waals surface area contributed by atoms with Crippen molar-refractivity contribution in [2.75, 3.05) is 29.0 Å². The van der Waals surface area contributed by atoms with E-state index in [1.54, 1.807) is 11.0 Å². The van der Waals surface area contributed by atoms with E-state index in [4.69, 9.17) is 11.5 Å². The Hall–Kier alpha value is -3.18. The van der Waals surface area contributed by atoms with Crippen LogP contribution in [0.2, 0.25) is 0 Å². The van der Waals surface area contributed by atoms with E-state index in [-0.39, 0.29) is 40.3 Å². The Kier molecular flexibility index (Phi) is 5.79.